The van der Waals surface area contributed by atoms with E-state index >= 15 is 0 Å². The third kappa shape index (κ3) is 3.15. The molecule has 1 amide bonds. The molecule has 0 aromatic heterocycles. The Hall–Kier alpha value is -1.06. The third-order valence-corrected chi connectivity index (χ3v) is 4.25. The number of amides is 1. The molecule has 1 atom stereocenters. The molecule has 3 nitrogen and oxygen atoms in total. The number of hydrogen-bond acceptors (Lipinski definition) is 2. The van der Waals surface area contributed by atoms with Crippen molar-refractivity contribution in [3.63, 3.8) is 0 Å². The summed E-state index contributed by atoms with van der Waals surface area (Å²) in [6, 6.07) is 8.40. The maximum absolute atomic E-state index is 12.8. The first-order chi connectivity index (χ1) is 9.09. The number of fused-ring (bicyclic) bond motifs is 1. The summed E-state index contributed by atoms with van der Waals surface area (Å²) in [6.45, 7) is 3.69. The molecule has 1 unspecified atom stereocenters. The van der Waals surface area contributed by atoms with Gasteiger partial charge in [0, 0.05) is 20.1 Å². The predicted molar refractivity (Wildman–Crippen MR) is 85.5 cm³/mol. The molecule has 0 saturated carbocycles. The average molecular weight is 297 g/mol. The van der Waals surface area contributed by atoms with Gasteiger partial charge in [0.1, 0.15) is 0 Å². The van der Waals surface area contributed by atoms with Gasteiger partial charge >= 0.3 is 0 Å². The summed E-state index contributed by atoms with van der Waals surface area (Å²) >= 11 is 0. The van der Waals surface area contributed by atoms with Crippen LogP contribution in [0, 0.1) is 0 Å². The van der Waals surface area contributed by atoms with Crippen LogP contribution in [0.2, 0.25) is 0 Å². The van der Waals surface area contributed by atoms with Gasteiger partial charge in [0.25, 0.3) is 0 Å². The Balaban J connectivity index is 0.00000200. The van der Waals surface area contributed by atoms with E-state index in [1.54, 1.807) is 0 Å². The molecule has 1 aliphatic rings. The lowest BCUT2D eigenvalue weighted by Gasteiger charge is -2.37. The maximum atomic E-state index is 12.8. The number of benzene rings is 1. The van der Waals surface area contributed by atoms with E-state index in [9.17, 15) is 4.79 Å². The molecule has 112 valence electrons. The van der Waals surface area contributed by atoms with E-state index in [4.69, 9.17) is 0 Å². The Morgan fingerprint density at radius 1 is 1.40 bits per heavy atom. The molecule has 0 heterocycles. The molecule has 0 saturated heterocycles. The number of nitrogens with one attached hydrogen (secondary N) is 1. The van der Waals surface area contributed by atoms with Gasteiger partial charge in [0.2, 0.25) is 5.91 Å². The number of hydrogen-bond donors (Lipinski definition) is 1. The summed E-state index contributed by atoms with van der Waals surface area (Å²) < 4.78 is 0. The Morgan fingerprint density at radius 2 is 2.10 bits per heavy atom. The number of carbonyl (C=O) groups excluding carboxylic acids is 1. The second-order valence-corrected chi connectivity index (χ2v) is 5.67. The van der Waals surface area contributed by atoms with Crippen molar-refractivity contribution in [3.8, 4) is 0 Å². The molecule has 20 heavy (non-hydrogen) atoms. The second-order valence-electron chi connectivity index (χ2n) is 5.67. The van der Waals surface area contributed by atoms with Crippen LogP contribution in [-0.4, -0.2) is 38.0 Å². The Labute approximate surface area is 128 Å². The summed E-state index contributed by atoms with van der Waals surface area (Å²) in [5.74, 6) is 0.245. The van der Waals surface area contributed by atoms with Crippen LogP contribution in [0.3, 0.4) is 0 Å². The van der Waals surface area contributed by atoms with Gasteiger partial charge in [-0.3, -0.25) is 4.79 Å². The van der Waals surface area contributed by atoms with Crippen LogP contribution in [0.1, 0.15) is 30.9 Å². The van der Waals surface area contributed by atoms with Gasteiger partial charge in [0.15, 0.2) is 0 Å². The van der Waals surface area contributed by atoms with E-state index in [1.165, 1.54) is 11.1 Å². The number of aryl methyl sites for hydroxylation is 1. The molecule has 0 bridgehead atoms. The topological polar surface area (TPSA) is 32.3 Å². The molecule has 1 aliphatic carbocycles. The fourth-order valence-corrected chi connectivity index (χ4v) is 3.07. The first kappa shape index (κ1) is 17.0. The van der Waals surface area contributed by atoms with E-state index in [-0.39, 0.29) is 23.7 Å². The quantitative estimate of drug-likeness (QED) is 0.925. The molecule has 0 fully saturated rings. The van der Waals surface area contributed by atoms with Crippen LogP contribution in [0.5, 0.6) is 0 Å². The van der Waals surface area contributed by atoms with Crippen molar-refractivity contribution in [1.82, 2.24) is 10.2 Å². The monoisotopic (exact) mass is 296 g/mol. The van der Waals surface area contributed by atoms with E-state index < -0.39 is 0 Å². The summed E-state index contributed by atoms with van der Waals surface area (Å²) in [4.78, 5) is 14.6. The van der Waals surface area contributed by atoms with Gasteiger partial charge < -0.3 is 10.2 Å². The van der Waals surface area contributed by atoms with Crippen LogP contribution < -0.4 is 5.32 Å². The lowest BCUT2D eigenvalue weighted by molar-refractivity contribution is -0.136. The maximum Gasteiger partial charge on any atom is 0.232 e. The number of nitrogens with zero attached hydrogens (tertiary/aromatic N) is 1. The fourth-order valence-electron chi connectivity index (χ4n) is 3.07. The zero-order chi connectivity index (χ0) is 13.9. The molecule has 0 aliphatic heterocycles. The molecule has 1 N–H and O–H groups in total. The normalized spacial score (nSPS) is 20.8. The minimum absolute atomic E-state index is 0. The number of rotatable bonds is 4. The lowest BCUT2D eigenvalue weighted by Crippen LogP contribution is -2.46. The molecule has 0 radical (unpaired) electrons. The fraction of sp³-hybridized carbons (Fsp3) is 0.562. The minimum Gasteiger partial charge on any atom is -0.344 e. The second kappa shape index (κ2) is 7.09. The molecule has 4 heteroatoms. The first-order valence-electron chi connectivity index (χ1n) is 7.08. The zero-order valence-corrected chi connectivity index (χ0v) is 13.4. The predicted octanol–water partition coefficient (Wildman–Crippen LogP) is 2.38. The molecule has 2 rings (SSSR count). The summed E-state index contributed by atoms with van der Waals surface area (Å²) in [5, 5.41) is 3.09. The van der Waals surface area contributed by atoms with Crippen molar-refractivity contribution in [2.75, 3.05) is 27.2 Å². The van der Waals surface area contributed by atoms with Gasteiger partial charge in [-0.2, -0.15) is 0 Å². The summed E-state index contributed by atoms with van der Waals surface area (Å²) in [6.07, 6.45) is 3.14. The highest BCUT2D eigenvalue weighted by atomic mass is 35.5. The van der Waals surface area contributed by atoms with Gasteiger partial charge in [-0.15, -0.1) is 12.4 Å². The third-order valence-electron chi connectivity index (χ3n) is 4.25. The van der Waals surface area contributed by atoms with Crippen LogP contribution in [0.25, 0.3) is 0 Å². The highest BCUT2D eigenvalue weighted by Gasteiger charge is 2.40. The smallest absolute Gasteiger partial charge is 0.232 e. The SMILES string of the molecule is CNCCN(C)C(=O)C1(C)CCCc2ccccc21.Cl. The van der Waals surface area contributed by atoms with Crippen LogP contribution in [0.15, 0.2) is 24.3 Å². The molecule has 0 spiro atoms. The van der Waals surface area contributed by atoms with Crippen LogP contribution in [0.4, 0.5) is 0 Å². The largest absolute Gasteiger partial charge is 0.344 e. The number of likely N-dealkylation sites (N-methyl/N-ethyl adjacent to an activating group) is 2. The van der Waals surface area contributed by atoms with Gasteiger partial charge in [-0.25, -0.2) is 0 Å². The van der Waals surface area contributed by atoms with Crippen molar-refractivity contribution in [2.45, 2.75) is 31.6 Å². The van der Waals surface area contributed by atoms with Crippen molar-refractivity contribution < 1.29 is 4.79 Å². The standard InChI is InChI=1S/C16H24N2O.ClH/c1-16(15(19)18(3)12-11-17-2)10-6-8-13-7-4-5-9-14(13)16;/h4-5,7,9,17H,6,8,10-12H2,1-3H3;1H. The molecular formula is C16H25ClN2O. The summed E-state index contributed by atoms with van der Waals surface area (Å²) in [7, 11) is 3.82. The highest BCUT2D eigenvalue weighted by Crippen LogP contribution is 2.38. The Morgan fingerprint density at radius 3 is 2.80 bits per heavy atom. The first-order valence-corrected chi connectivity index (χ1v) is 7.08. The average Bonchev–Trinajstić information content (AvgIpc) is 2.44. The van der Waals surface area contributed by atoms with Crippen molar-refractivity contribution >= 4 is 18.3 Å². The summed E-state index contributed by atoms with van der Waals surface area (Å²) in [5.41, 5.74) is 2.21. The van der Waals surface area contributed by atoms with Crippen molar-refractivity contribution in [3.05, 3.63) is 35.4 Å². The van der Waals surface area contributed by atoms with Gasteiger partial charge in [0.05, 0.1) is 5.41 Å². The van der Waals surface area contributed by atoms with Crippen molar-refractivity contribution in [1.29, 1.82) is 0 Å². The van der Waals surface area contributed by atoms with Crippen LogP contribution in [-0.2, 0) is 16.6 Å². The van der Waals surface area contributed by atoms with E-state index in [1.807, 2.05) is 25.1 Å². The van der Waals surface area contributed by atoms with Crippen molar-refractivity contribution in [2.24, 2.45) is 0 Å². The van der Waals surface area contributed by atoms with E-state index in [2.05, 4.69) is 30.4 Å². The van der Waals surface area contributed by atoms with Gasteiger partial charge in [-0.05, 0) is 44.4 Å². The van der Waals surface area contributed by atoms with E-state index in [0.29, 0.717) is 0 Å². The molecule has 1 aromatic rings. The van der Waals surface area contributed by atoms with Crippen LogP contribution >= 0.6 is 12.4 Å². The highest BCUT2D eigenvalue weighted by molar-refractivity contribution is 5.88. The Kier molecular flexibility index (Phi) is 6.03. The number of carbonyl (C=O) groups is 1. The Bertz CT molecular complexity index is 464. The van der Waals surface area contributed by atoms with E-state index in [0.717, 1.165) is 32.4 Å². The molecule has 1 aromatic carbocycles. The zero-order valence-electron chi connectivity index (χ0n) is 12.6. The molecular weight excluding hydrogens is 272 g/mol. The number of halogens is 1. The minimum atomic E-state index is -0.350. The lowest BCUT2D eigenvalue weighted by atomic mass is 9.70. The van der Waals surface area contributed by atoms with Gasteiger partial charge in [-0.1, -0.05) is 24.3 Å².